The molecule has 0 aromatic heterocycles. The van der Waals surface area contributed by atoms with Crippen molar-refractivity contribution in [3.8, 4) is 0 Å². The molecule has 1 fully saturated rings. The van der Waals surface area contributed by atoms with Gasteiger partial charge in [0.15, 0.2) is 0 Å². The lowest BCUT2D eigenvalue weighted by molar-refractivity contribution is -0.120. The minimum atomic E-state index is -0.245. The summed E-state index contributed by atoms with van der Waals surface area (Å²) in [6.45, 7) is 11.4. The van der Waals surface area contributed by atoms with Gasteiger partial charge in [0.05, 0.1) is 6.04 Å². The van der Waals surface area contributed by atoms with Gasteiger partial charge < -0.3 is 11.1 Å². The van der Waals surface area contributed by atoms with Crippen LogP contribution in [0.4, 0.5) is 0 Å². The normalized spacial score (nSPS) is 32.4. The summed E-state index contributed by atoms with van der Waals surface area (Å²) in [6, 6.07) is 0.312. The Kier molecular flexibility index (Phi) is 5.40. The predicted octanol–water partition coefficient (Wildman–Crippen LogP) is 0.816. The Labute approximate surface area is 105 Å². The van der Waals surface area contributed by atoms with Crippen LogP contribution in [0.25, 0.3) is 0 Å². The molecule has 100 valence electrons. The minimum absolute atomic E-state index is 0.222. The van der Waals surface area contributed by atoms with Crippen LogP contribution in [-0.4, -0.2) is 42.5 Å². The third kappa shape index (κ3) is 3.96. The molecular weight excluding hydrogens is 214 g/mol. The molecule has 4 heteroatoms. The molecule has 1 aliphatic rings. The van der Waals surface area contributed by atoms with Gasteiger partial charge in [0.1, 0.15) is 0 Å². The zero-order valence-electron chi connectivity index (χ0n) is 11.6. The van der Waals surface area contributed by atoms with Crippen LogP contribution in [0.2, 0.25) is 0 Å². The van der Waals surface area contributed by atoms with Crippen molar-refractivity contribution in [1.82, 2.24) is 10.2 Å². The van der Waals surface area contributed by atoms with Gasteiger partial charge in [-0.1, -0.05) is 20.8 Å². The van der Waals surface area contributed by atoms with Crippen molar-refractivity contribution in [2.75, 3.05) is 19.6 Å². The van der Waals surface area contributed by atoms with E-state index in [1.807, 2.05) is 6.92 Å². The average Bonchev–Trinajstić information content (AvgIpc) is 2.24. The van der Waals surface area contributed by atoms with Gasteiger partial charge in [0.25, 0.3) is 0 Å². The van der Waals surface area contributed by atoms with Gasteiger partial charge in [-0.05, 0) is 31.7 Å². The number of hydrogen-bond donors (Lipinski definition) is 2. The Morgan fingerprint density at radius 3 is 2.65 bits per heavy atom. The summed E-state index contributed by atoms with van der Waals surface area (Å²) in [7, 11) is 0. The summed E-state index contributed by atoms with van der Waals surface area (Å²) in [5.74, 6) is 1.15. The highest BCUT2D eigenvalue weighted by Crippen LogP contribution is 2.26. The van der Waals surface area contributed by atoms with Crippen molar-refractivity contribution < 1.29 is 4.79 Å². The highest BCUT2D eigenvalue weighted by Gasteiger charge is 2.31. The molecular formula is C13H27N3O. The average molecular weight is 241 g/mol. The number of rotatable bonds is 5. The number of amides is 1. The Hall–Kier alpha value is -0.610. The first-order valence-corrected chi connectivity index (χ1v) is 6.72. The molecule has 1 aliphatic heterocycles. The molecule has 0 aromatic rings. The second kappa shape index (κ2) is 6.36. The molecule has 3 N–H and O–H groups in total. The first kappa shape index (κ1) is 14.5. The van der Waals surface area contributed by atoms with E-state index in [0.717, 1.165) is 19.6 Å². The molecule has 1 saturated heterocycles. The molecule has 0 bridgehead atoms. The van der Waals surface area contributed by atoms with Crippen molar-refractivity contribution in [3.05, 3.63) is 0 Å². The highest BCUT2D eigenvalue weighted by molar-refractivity contribution is 5.80. The number of hydrogen-bond acceptors (Lipinski definition) is 3. The lowest BCUT2D eigenvalue weighted by Gasteiger charge is -2.42. The molecule has 4 unspecified atom stereocenters. The van der Waals surface area contributed by atoms with E-state index in [2.05, 4.69) is 31.0 Å². The van der Waals surface area contributed by atoms with Gasteiger partial charge in [-0.15, -0.1) is 0 Å². The number of carbonyl (C=O) groups excluding carboxylic acids is 1. The molecule has 0 saturated carbocycles. The predicted molar refractivity (Wildman–Crippen MR) is 70.6 cm³/mol. The lowest BCUT2D eigenvalue weighted by atomic mass is 9.86. The molecule has 1 rings (SSSR count). The number of nitrogens with zero attached hydrogens (tertiary/aromatic N) is 1. The maximum Gasteiger partial charge on any atom is 0.235 e. The van der Waals surface area contributed by atoms with Crippen LogP contribution in [0, 0.1) is 11.8 Å². The van der Waals surface area contributed by atoms with E-state index < -0.39 is 0 Å². The smallest absolute Gasteiger partial charge is 0.235 e. The van der Waals surface area contributed by atoms with Crippen LogP contribution < -0.4 is 11.1 Å². The Bertz CT molecular complexity index is 257. The molecule has 0 spiro atoms. The first-order chi connectivity index (χ1) is 7.95. The molecule has 4 atom stereocenters. The van der Waals surface area contributed by atoms with Gasteiger partial charge in [0.2, 0.25) is 5.91 Å². The summed E-state index contributed by atoms with van der Waals surface area (Å²) in [4.78, 5) is 13.8. The van der Waals surface area contributed by atoms with Crippen molar-refractivity contribution >= 4 is 5.91 Å². The largest absolute Gasteiger partial charge is 0.368 e. The first-order valence-electron chi connectivity index (χ1n) is 6.72. The second-order valence-electron chi connectivity index (χ2n) is 5.53. The minimum Gasteiger partial charge on any atom is -0.368 e. The lowest BCUT2D eigenvalue weighted by Crippen LogP contribution is -2.54. The number of likely N-dealkylation sites (tertiary alicyclic amines) is 1. The van der Waals surface area contributed by atoms with Gasteiger partial charge in [-0.25, -0.2) is 0 Å². The maximum absolute atomic E-state index is 11.4. The van der Waals surface area contributed by atoms with E-state index in [4.69, 9.17) is 5.73 Å². The summed E-state index contributed by atoms with van der Waals surface area (Å²) < 4.78 is 0. The molecule has 17 heavy (non-hydrogen) atoms. The monoisotopic (exact) mass is 241 g/mol. The van der Waals surface area contributed by atoms with Crippen LogP contribution in [0.15, 0.2) is 0 Å². The Balaban J connectivity index is 2.60. The topological polar surface area (TPSA) is 58.4 Å². The number of nitrogens with two attached hydrogens (primary N) is 1. The number of nitrogens with one attached hydrogen (secondary N) is 1. The van der Waals surface area contributed by atoms with Crippen molar-refractivity contribution in [2.45, 2.75) is 46.2 Å². The van der Waals surface area contributed by atoms with Crippen LogP contribution in [0.1, 0.15) is 34.1 Å². The van der Waals surface area contributed by atoms with Crippen LogP contribution in [0.3, 0.4) is 0 Å². The van der Waals surface area contributed by atoms with Gasteiger partial charge in [-0.3, -0.25) is 9.69 Å². The zero-order chi connectivity index (χ0) is 13.0. The standard InChI is InChI=1S/C13H27N3O/c1-5-15-12(13(14)17)8-16-7-9(2)6-10(3)11(16)4/h9-12,15H,5-8H2,1-4H3,(H2,14,17). The van der Waals surface area contributed by atoms with E-state index >= 15 is 0 Å². The van der Waals surface area contributed by atoms with E-state index in [1.165, 1.54) is 6.42 Å². The molecule has 1 amide bonds. The fourth-order valence-corrected chi connectivity index (χ4v) is 2.81. The van der Waals surface area contributed by atoms with E-state index in [0.29, 0.717) is 17.9 Å². The number of primary amides is 1. The molecule has 0 aromatic carbocycles. The number of carbonyl (C=O) groups is 1. The fourth-order valence-electron chi connectivity index (χ4n) is 2.81. The van der Waals surface area contributed by atoms with Crippen LogP contribution in [0.5, 0.6) is 0 Å². The van der Waals surface area contributed by atoms with E-state index in [1.54, 1.807) is 0 Å². The molecule has 4 nitrogen and oxygen atoms in total. The molecule has 0 radical (unpaired) electrons. The van der Waals surface area contributed by atoms with Gasteiger partial charge >= 0.3 is 0 Å². The highest BCUT2D eigenvalue weighted by atomic mass is 16.1. The molecule has 1 heterocycles. The van der Waals surface area contributed by atoms with E-state index in [-0.39, 0.29) is 11.9 Å². The third-order valence-electron chi connectivity index (χ3n) is 3.93. The number of piperidine rings is 1. The zero-order valence-corrected chi connectivity index (χ0v) is 11.6. The summed E-state index contributed by atoms with van der Waals surface area (Å²) in [6.07, 6.45) is 1.28. The Morgan fingerprint density at radius 2 is 2.12 bits per heavy atom. The van der Waals surface area contributed by atoms with Crippen molar-refractivity contribution in [1.29, 1.82) is 0 Å². The van der Waals surface area contributed by atoms with Crippen LogP contribution in [-0.2, 0) is 4.79 Å². The number of likely N-dealkylation sites (N-methyl/N-ethyl adjacent to an activating group) is 1. The third-order valence-corrected chi connectivity index (χ3v) is 3.93. The van der Waals surface area contributed by atoms with Crippen LogP contribution >= 0.6 is 0 Å². The van der Waals surface area contributed by atoms with Crippen molar-refractivity contribution in [2.24, 2.45) is 17.6 Å². The quantitative estimate of drug-likeness (QED) is 0.749. The van der Waals surface area contributed by atoms with Gasteiger partial charge in [0, 0.05) is 19.1 Å². The fraction of sp³-hybridized carbons (Fsp3) is 0.923. The SMILES string of the molecule is CCNC(CN1CC(C)CC(C)C1C)C(N)=O. The molecule has 0 aliphatic carbocycles. The summed E-state index contributed by atoms with van der Waals surface area (Å²) in [5, 5.41) is 3.16. The second-order valence-corrected chi connectivity index (χ2v) is 5.53. The van der Waals surface area contributed by atoms with Crippen molar-refractivity contribution in [3.63, 3.8) is 0 Å². The summed E-state index contributed by atoms with van der Waals surface area (Å²) in [5.41, 5.74) is 5.43. The maximum atomic E-state index is 11.4. The van der Waals surface area contributed by atoms with E-state index in [9.17, 15) is 4.79 Å². The van der Waals surface area contributed by atoms with Gasteiger partial charge in [-0.2, -0.15) is 0 Å². The summed E-state index contributed by atoms with van der Waals surface area (Å²) >= 11 is 0. The Morgan fingerprint density at radius 1 is 1.47 bits per heavy atom.